The first-order valence-corrected chi connectivity index (χ1v) is 7.31. The molecule has 110 valence electrons. The highest BCUT2D eigenvalue weighted by Gasteiger charge is 2.22. The molecular formula is C14H20ClN3O2. The number of rotatable bonds is 4. The molecule has 6 heteroatoms. The topological polar surface area (TPSA) is 49.6 Å². The van der Waals surface area contributed by atoms with Crippen LogP contribution in [0.25, 0.3) is 0 Å². The number of piperidine rings is 1. The van der Waals surface area contributed by atoms with Gasteiger partial charge >= 0.3 is 0 Å². The van der Waals surface area contributed by atoms with Crippen LogP contribution < -0.4 is 4.90 Å². The summed E-state index contributed by atoms with van der Waals surface area (Å²) < 4.78 is 0. The van der Waals surface area contributed by atoms with Gasteiger partial charge in [0.1, 0.15) is 0 Å². The van der Waals surface area contributed by atoms with Crippen molar-refractivity contribution in [2.24, 2.45) is 0 Å². The van der Waals surface area contributed by atoms with Gasteiger partial charge in [-0.3, -0.25) is 10.1 Å². The van der Waals surface area contributed by atoms with Gasteiger partial charge in [0.15, 0.2) is 0 Å². The van der Waals surface area contributed by atoms with Gasteiger partial charge in [0.2, 0.25) is 0 Å². The predicted octanol–water partition coefficient (Wildman–Crippen LogP) is 2.86. The van der Waals surface area contributed by atoms with Crippen molar-refractivity contribution in [3.05, 3.63) is 33.9 Å². The molecule has 0 saturated carbocycles. The van der Waals surface area contributed by atoms with Gasteiger partial charge in [-0.25, -0.2) is 0 Å². The number of hydrogen-bond acceptors (Lipinski definition) is 4. The van der Waals surface area contributed by atoms with Crippen molar-refractivity contribution in [1.29, 1.82) is 0 Å². The third-order valence-electron chi connectivity index (χ3n) is 4.05. The van der Waals surface area contributed by atoms with Crippen LogP contribution in [-0.4, -0.2) is 43.0 Å². The Kier molecular flexibility index (Phi) is 4.83. The van der Waals surface area contributed by atoms with Gasteiger partial charge in [0, 0.05) is 30.4 Å². The summed E-state index contributed by atoms with van der Waals surface area (Å²) >= 11 is 5.83. The van der Waals surface area contributed by atoms with E-state index in [2.05, 4.69) is 23.9 Å². The number of benzene rings is 1. The van der Waals surface area contributed by atoms with Crippen molar-refractivity contribution in [1.82, 2.24) is 4.90 Å². The monoisotopic (exact) mass is 297 g/mol. The number of likely N-dealkylation sites (tertiary alicyclic amines) is 1. The number of nitrogens with zero attached hydrogens (tertiary/aromatic N) is 3. The van der Waals surface area contributed by atoms with E-state index in [-0.39, 0.29) is 16.5 Å². The third-order valence-corrected chi connectivity index (χ3v) is 4.33. The second kappa shape index (κ2) is 6.41. The molecule has 0 radical (unpaired) electrons. The van der Waals surface area contributed by atoms with Crippen molar-refractivity contribution in [3.8, 4) is 0 Å². The van der Waals surface area contributed by atoms with E-state index >= 15 is 0 Å². The van der Waals surface area contributed by atoms with E-state index in [1.54, 1.807) is 6.07 Å². The highest BCUT2D eigenvalue weighted by molar-refractivity contribution is 6.17. The van der Waals surface area contributed by atoms with Gasteiger partial charge in [-0.05, 0) is 45.1 Å². The molecule has 0 aromatic heterocycles. The van der Waals surface area contributed by atoms with E-state index in [1.165, 1.54) is 0 Å². The van der Waals surface area contributed by atoms with Crippen molar-refractivity contribution in [2.45, 2.75) is 24.8 Å². The summed E-state index contributed by atoms with van der Waals surface area (Å²) in [7, 11) is 4.18. The first-order valence-electron chi connectivity index (χ1n) is 6.77. The molecule has 1 fully saturated rings. The Hall–Kier alpha value is -1.33. The van der Waals surface area contributed by atoms with Crippen LogP contribution >= 0.6 is 11.6 Å². The van der Waals surface area contributed by atoms with Crippen LogP contribution in [0, 0.1) is 10.1 Å². The Morgan fingerprint density at radius 2 is 2.10 bits per heavy atom. The number of nitro benzene ring substituents is 1. The summed E-state index contributed by atoms with van der Waals surface area (Å²) in [6.45, 7) is 2.18. The number of nitro groups is 1. The summed E-state index contributed by atoms with van der Waals surface area (Å²) in [6.07, 6.45) is 2.22. The van der Waals surface area contributed by atoms with Gasteiger partial charge in [-0.1, -0.05) is 0 Å². The Morgan fingerprint density at radius 1 is 1.45 bits per heavy atom. The zero-order valence-electron chi connectivity index (χ0n) is 11.9. The van der Waals surface area contributed by atoms with E-state index in [9.17, 15) is 10.1 Å². The highest BCUT2D eigenvalue weighted by Crippen LogP contribution is 2.28. The molecule has 0 aliphatic carbocycles. The van der Waals surface area contributed by atoms with Crippen LogP contribution in [-0.2, 0) is 5.88 Å². The van der Waals surface area contributed by atoms with Crippen LogP contribution in [0.2, 0.25) is 0 Å². The highest BCUT2D eigenvalue weighted by atomic mass is 35.5. The molecule has 0 unspecified atom stereocenters. The quantitative estimate of drug-likeness (QED) is 0.487. The molecule has 1 saturated heterocycles. The molecule has 2 rings (SSSR count). The smallest absolute Gasteiger partial charge is 0.273 e. The molecule has 0 bridgehead atoms. The van der Waals surface area contributed by atoms with Gasteiger partial charge in [-0.15, -0.1) is 11.6 Å². The van der Waals surface area contributed by atoms with Crippen LogP contribution in [0.5, 0.6) is 0 Å². The average molecular weight is 298 g/mol. The van der Waals surface area contributed by atoms with Gasteiger partial charge in [0.05, 0.1) is 10.8 Å². The Bertz CT molecular complexity index is 487. The Labute approximate surface area is 124 Å². The lowest BCUT2D eigenvalue weighted by atomic mass is 10.0. The first-order chi connectivity index (χ1) is 9.52. The van der Waals surface area contributed by atoms with Crippen LogP contribution in [0.1, 0.15) is 18.4 Å². The summed E-state index contributed by atoms with van der Waals surface area (Å²) in [4.78, 5) is 15.1. The molecule has 0 N–H and O–H groups in total. The Balaban J connectivity index is 2.18. The molecule has 1 aliphatic rings. The van der Waals surface area contributed by atoms with E-state index in [0.29, 0.717) is 11.6 Å². The van der Waals surface area contributed by atoms with E-state index in [0.717, 1.165) is 31.6 Å². The van der Waals surface area contributed by atoms with Gasteiger partial charge in [-0.2, -0.15) is 0 Å². The van der Waals surface area contributed by atoms with Crippen LogP contribution in [0.3, 0.4) is 0 Å². The summed E-state index contributed by atoms with van der Waals surface area (Å²) in [5.74, 6) is 0.158. The molecule has 20 heavy (non-hydrogen) atoms. The van der Waals surface area contributed by atoms with Gasteiger partial charge < -0.3 is 9.80 Å². The summed E-state index contributed by atoms with van der Waals surface area (Å²) in [6, 6.07) is 5.69. The molecule has 1 aliphatic heterocycles. The van der Waals surface area contributed by atoms with E-state index < -0.39 is 0 Å². The molecule has 1 aromatic rings. The molecule has 5 nitrogen and oxygen atoms in total. The maximum Gasteiger partial charge on any atom is 0.273 e. The number of hydrogen-bond donors (Lipinski definition) is 0. The number of halogens is 1. The normalized spacial score (nSPS) is 17.1. The standard InChI is InChI=1S/C14H20ClN3O2/c1-16-7-5-12(6-8-16)17(2)13-3-4-14(18(19)20)11(9-13)10-15/h3-4,9,12H,5-8,10H2,1-2H3. The van der Waals surface area contributed by atoms with Crippen LogP contribution in [0.15, 0.2) is 18.2 Å². The molecule has 1 heterocycles. The van der Waals surface area contributed by atoms with Crippen molar-refractivity contribution in [3.63, 3.8) is 0 Å². The fraction of sp³-hybridized carbons (Fsp3) is 0.571. The SMILES string of the molecule is CN1CCC(N(C)c2ccc([N+](=O)[O-])c(CCl)c2)CC1. The van der Waals surface area contributed by atoms with Crippen molar-refractivity contribution >= 4 is 23.0 Å². The molecule has 0 atom stereocenters. The second-order valence-electron chi connectivity index (χ2n) is 5.35. The first kappa shape index (κ1) is 15.1. The minimum absolute atomic E-state index is 0.0977. The van der Waals surface area contributed by atoms with Gasteiger partial charge in [0.25, 0.3) is 5.69 Å². The maximum atomic E-state index is 10.9. The average Bonchev–Trinajstić information content (AvgIpc) is 2.46. The zero-order chi connectivity index (χ0) is 14.7. The van der Waals surface area contributed by atoms with E-state index in [1.807, 2.05) is 12.1 Å². The number of anilines is 1. The molecule has 1 aromatic carbocycles. The summed E-state index contributed by atoms with van der Waals surface area (Å²) in [5, 5.41) is 10.9. The minimum atomic E-state index is -0.378. The fourth-order valence-electron chi connectivity index (χ4n) is 2.67. The third kappa shape index (κ3) is 3.22. The fourth-order valence-corrected chi connectivity index (χ4v) is 2.88. The lowest BCUT2D eigenvalue weighted by Gasteiger charge is -2.36. The molecule has 0 spiro atoms. The Morgan fingerprint density at radius 3 is 2.65 bits per heavy atom. The zero-order valence-corrected chi connectivity index (χ0v) is 12.6. The minimum Gasteiger partial charge on any atom is -0.371 e. The van der Waals surface area contributed by atoms with Crippen molar-refractivity contribution in [2.75, 3.05) is 32.1 Å². The predicted molar refractivity (Wildman–Crippen MR) is 81.6 cm³/mol. The molecule has 0 amide bonds. The van der Waals surface area contributed by atoms with Crippen molar-refractivity contribution < 1.29 is 4.92 Å². The summed E-state index contributed by atoms with van der Waals surface area (Å²) in [5.41, 5.74) is 1.68. The number of alkyl halides is 1. The largest absolute Gasteiger partial charge is 0.371 e. The second-order valence-corrected chi connectivity index (χ2v) is 5.62. The lowest BCUT2D eigenvalue weighted by molar-refractivity contribution is -0.385. The van der Waals surface area contributed by atoms with Crippen LogP contribution in [0.4, 0.5) is 11.4 Å². The maximum absolute atomic E-state index is 10.9. The van der Waals surface area contributed by atoms with E-state index in [4.69, 9.17) is 11.6 Å². The lowest BCUT2D eigenvalue weighted by Crippen LogP contribution is -2.42. The molecular weight excluding hydrogens is 278 g/mol.